The van der Waals surface area contributed by atoms with E-state index >= 15 is 0 Å². The van der Waals surface area contributed by atoms with Gasteiger partial charge in [-0.3, -0.25) is 4.79 Å². The van der Waals surface area contributed by atoms with Crippen molar-refractivity contribution in [1.29, 1.82) is 0 Å². The maximum absolute atomic E-state index is 12.5. The Kier molecular flexibility index (Phi) is 9.84. The molecule has 0 bridgehead atoms. The Labute approximate surface area is 189 Å². The average Bonchev–Trinajstić information content (AvgIpc) is 2.75. The number of hydrogen-bond donors (Lipinski definition) is 0. The van der Waals surface area contributed by atoms with Gasteiger partial charge in [-0.25, -0.2) is 0 Å². The molecule has 0 radical (unpaired) electrons. The van der Waals surface area contributed by atoms with Gasteiger partial charge in [0.05, 0.1) is 13.2 Å². The van der Waals surface area contributed by atoms with Crippen LogP contribution in [0.25, 0.3) is 6.08 Å². The molecule has 0 N–H and O–H groups in total. The number of nitrogens with zero attached hydrogens (tertiary/aromatic N) is 1. The number of likely N-dealkylation sites (N-methyl/N-ethyl adjacent to an activating group) is 1. The molecule has 2 aromatic carbocycles. The van der Waals surface area contributed by atoms with Gasteiger partial charge in [-0.05, 0) is 55.3 Å². The first-order valence-electron chi connectivity index (χ1n) is 10.1. The van der Waals surface area contributed by atoms with Gasteiger partial charge in [0.25, 0.3) is 0 Å². The van der Waals surface area contributed by atoms with Gasteiger partial charge in [-0.1, -0.05) is 12.1 Å². The Morgan fingerprint density at radius 3 is 1.97 bits per heavy atom. The van der Waals surface area contributed by atoms with Crippen molar-refractivity contribution in [2.24, 2.45) is 0 Å². The molecule has 10 heteroatoms. The van der Waals surface area contributed by atoms with Crippen LogP contribution in [0.15, 0.2) is 42.5 Å². The monoisotopic (exact) mass is 471 g/mol. The number of hydrogen-bond acceptors (Lipinski definition) is 5. The first-order chi connectivity index (χ1) is 15.7. The quantitative estimate of drug-likeness (QED) is 0.308. The minimum atomic E-state index is -2.99. The van der Waals surface area contributed by atoms with E-state index < -0.39 is 13.2 Å². The zero-order valence-corrected chi connectivity index (χ0v) is 18.4. The highest BCUT2D eigenvalue weighted by Crippen LogP contribution is 2.31. The molecule has 0 fully saturated rings. The molecule has 2 rings (SSSR count). The maximum atomic E-state index is 12.5. The molecule has 6 nitrogen and oxygen atoms in total. The second-order valence-corrected chi connectivity index (χ2v) is 6.64. The predicted octanol–water partition coefficient (Wildman–Crippen LogP) is 5.36. The zero-order chi connectivity index (χ0) is 24.4. The fourth-order valence-corrected chi connectivity index (χ4v) is 2.85. The Morgan fingerprint density at radius 1 is 0.879 bits per heavy atom. The van der Waals surface area contributed by atoms with Gasteiger partial charge in [0.1, 0.15) is 0 Å². The number of rotatable bonds is 12. The minimum Gasteiger partial charge on any atom is -0.490 e. The minimum absolute atomic E-state index is 0.0890. The summed E-state index contributed by atoms with van der Waals surface area (Å²) in [6, 6.07) is 8.79. The van der Waals surface area contributed by atoms with Crippen molar-refractivity contribution in [2.75, 3.05) is 20.3 Å². The summed E-state index contributed by atoms with van der Waals surface area (Å²) in [5.74, 6) is -0.242. The molecular formula is C23H25F4NO5. The maximum Gasteiger partial charge on any atom is 0.387 e. The van der Waals surface area contributed by atoms with Gasteiger partial charge in [0.2, 0.25) is 5.91 Å². The molecule has 1 amide bonds. The van der Waals surface area contributed by atoms with Crippen LogP contribution in [0.1, 0.15) is 25.0 Å². The second-order valence-electron chi connectivity index (χ2n) is 6.64. The smallest absolute Gasteiger partial charge is 0.387 e. The Balaban J connectivity index is 2.09. The van der Waals surface area contributed by atoms with E-state index in [-0.39, 0.29) is 48.7 Å². The largest absolute Gasteiger partial charge is 0.490 e. The topological polar surface area (TPSA) is 57.2 Å². The van der Waals surface area contributed by atoms with Crippen LogP contribution in [-0.2, 0) is 11.3 Å². The van der Waals surface area contributed by atoms with Crippen LogP contribution in [0.3, 0.4) is 0 Å². The highest BCUT2D eigenvalue weighted by atomic mass is 19.3. The summed E-state index contributed by atoms with van der Waals surface area (Å²) in [6.45, 7) is -1.86. The van der Waals surface area contributed by atoms with E-state index in [0.29, 0.717) is 11.1 Å². The number of amides is 1. The lowest BCUT2D eigenvalue weighted by atomic mass is 10.1. The zero-order valence-electron chi connectivity index (χ0n) is 18.4. The van der Waals surface area contributed by atoms with E-state index in [9.17, 15) is 22.4 Å². The summed E-state index contributed by atoms with van der Waals surface area (Å²) in [6.07, 6.45) is 2.83. The molecule has 0 atom stereocenters. The summed E-state index contributed by atoms with van der Waals surface area (Å²) in [5, 5.41) is 0. The molecule has 0 aliphatic heterocycles. The first-order valence-corrected chi connectivity index (χ1v) is 10.1. The molecule has 0 aromatic heterocycles. The van der Waals surface area contributed by atoms with Crippen molar-refractivity contribution in [3.05, 3.63) is 53.6 Å². The van der Waals surface area contributed by atoms with Crippen LogP contribution in [0.5, 0.6) is 23.0 Å². The first kappa shape index (κ1) is 25.8. The lowest BCUT2D eigenvalue weighted by Gasteiger charge is -2.17. The average molecular weight is 471 g/mol. The van der Waals surface area contributed by atoms with Crippen LogP contribution in [0, 0.1) is 0 Å². The van der Waals surface area contributed by atoms with E-state index in [1.807, 2.05) is 0 Å². The number of halogens is 4. The molecule has 180 valence electrons. The Hall–Kier alpha value is -3.43. The highest BCUT2D eigenvalue weighted by molar-refractivity contribution is 5.91. The summed E-state index contributed by atoms with van der Waals surface area (Å²) in [7, 11) is 1.57. The van der Waals surface area contributed by atoms with Gasteiger partial charge in [0.15, 0.2) is 23.0 Å². The molecule has 0 spiro atoms. The summed E-state index contributed by atoms with van der Waals surface area (Å²) in [4.78, 5) is 13.9. The van der Waals surface area contributed by atoms with Gasteiger partial charge in [0, 0.05) is 19.7 Å². The third kappa shape index (κ3) is 8.21. The van der Waals surface area contributed by atoms with E-state index in [1.54, 1.807) is 27.0 Å². The molecule has 0 saturated heterocycles. The third-order valence-electron chi connectivity index (χ3n) is 4.22. The fraction of sp³-hybridized carbons (Fsp3) is 0.348. The van der Waals surface area contributed by atoms with Crippen LogP contribution < -0.4 is 18.9 Å². The van der Waals surface area contributed by atoms with Gasteiger partial charge >= 0.3 is 13.2 Å². The van der Waals surface area contributed by atoms with Crippen LogP contribution in [0.4, 0.5) is 17.6 Å². The van der Waals surface area contributed by atoms with Crippen molar-refractivity contribution in [3.8, 4) is 23.0 Å². The second kappa shape index (κ2) is 12.6. The van der Waals surface area contributed by atoms with Crippen molar-refractivity contribution in [1.82, 2.24) is 4.90 Å². The predicted molar refractivity (Wildman–Crippen MR) is 114 cm³/mol. The van der Waals surface area contributed by atoms with Gasteiger partial charge in [-0.2, -0.15) is 17.6 Å². The normalized spacial score (nSPS) is 11.2. The number of alkyl halides is 4. The Morgan fingerprint density at radius 2 is 1.42 bits per heavy atom. The van der Waals surface area contributed by atoms with Crippen molar-refractivity contribution in [2.45, 2.75) is 33.6 Å². The molecular weight excluding hydrogens is 446 g/mol. The Bertz CT molecular complexity index is 952. The number of benzene rings is 2. The number of carbonyl (C=O) groups is 1. The highest BCUT2D eigenvalue weighted by Gasteiger charge is 2.14. The van der Waals surface area contributed by atoms with E-state index in [2.05, 4.69) is 9.47 Å². The lowest BCUT2D eigenvalue weighted by Crippen LogP contribution is -2.24. The molecule has 0 heterocycles. The molecule has 0 saturated carbocycles. The molecule has 2 aromatic rings. The summed E-state index contributed by atoms with van der Waals surface area (Å²) < 4.78 is 69.6. The SMILES string of the molecule is CCOc1cc(/C=C/C(=O)N(C)Cc2ccc(OC(F)F)c(OCC)c2)ccc1OC(F)F. The van der Waals surface area contributed by atoms with Gasteiger partial charge in [-0.15, -0.1) is 0 Å². The molecule has 0 aliphatic rings. The van der Waals surface area contributed by atoms with Crippen molar-refractivity contribution < 1.29 is 41.3 Å². The van der Waals surface area contributed by atoms with Crippen LogP contribution in [0.2, 0.25) is 0 Å². The summed E-state index contributed by atoms with van der Waals surface area (Å²) >= 11 is 0. The summed E-state index contributed by atoms with van der Waals surface area (Å²) in [5.41, 5.74) is 1.20. The van der Waals surface area contributed by atoms with Gasteiger partial charge < -0.3 is 23.8 Å². The molecule has 33 heavy (non-hydrogen) atoms. The fourth-order valence-electron chi connectivity index (χ4n) is 2.85. The molecule has 0 aliphatic carbocycles. The van der Waals surface area contributed by atoms with Crippen LogP contribution in [-0.4, -0.2) is 44.3 Å². The van der Waals surface area contributed by atoms with Crippen molar-refractivity contribution >= 4 is 12.0 Å². The van der Waals surface area contributed by atoms with Crippen LogP contribution >= 0.6 is 0 Å². The number of carbonyl (C=O) groups excluding carboxylic acids is 1. The third-order valence-corrected chi connectivity index (χ3v) is 4.22. The lowest BCUT2D eigenvalue weighted by molar-refractivity contribution is -0.125. The van der Waals surface area contributed by atoms with E-state index in [4.69, 9.17) is 9.47 Å². The molecule has 0 unspecified atom stereocenters. The van der Waals surface area contributed by atoms with E-state index in [1.165, 1.54) is 47.4 Å². The number of ether oxygens (including phenoxy) is 4. The standard InChI is InChI=1S/C23H25F4NO5/c1-4-30-19-12-15(6-9-17(19)32-22(24)25)8-11-21(29)28(3)14-16-7-10-18(33-23(26)27)20(13-16)31-5-2/h6-13,22-23H,4-5,14H2,1-3H3/b11-8+. The van der Waals surface area contributed by atoms with Crippen molar-refractivity contribution in [3.63, 3.8) is 0 Å². The van der Waals surface area contributed by atoms with E-state index in [0.717, 1.165) is 0 Å².